The first-order valence-electron chi connectivity index (χ1n) is 10.3. The summed E-state index contributed by atoms with van der Waals surface area (Å²) in [6.07, 6.45) is 4.11. The van der Waals surface area contributed by atoms with Gasteiger partial charge in [-0.2, -0.15) is 0 Å². The summed E-state index contributed by atoms with van der Waals surface area (Å²) in [6.45, 7) is 5.03. The minimum absolute atomic E-state index is 0.0900. The van der Waals surface area contributed by atoms with Crippen LogP contribution in [0.25, 0.3) is 0 Å². The molecule has 146 valence electrons. The number of aryl methyl sites for hydroxylation is 1. The molecule has 1 aromatic carbocycles. The molecule has 0 spiro atoms. The first-order valence-corrected chi connectivity index (χ1v) is 10.3. The van der Waals surface area contributed by atoms with Crippen LogP contribution in [-0.4, -0.2) is 59.5 Å². The van der Waals surface area contributed by atoms with Crippen LogP contribution >= 0.6 is 0 Å². The number of carbonyl (C=O) groups is 1. The fourth-order valence-electron chi connectivity index (χ4n) is 5.67. The van der Waals surface area contributed by atoms with E-state index in [2.05, 4.69) is 33.0 Å². The lowest BCUT2D eigenvalue weighted by Crippen LogP contribution is -2.60. The van der Waals surface area contributed by atoms with Crippen LogP contribution < -0.4 is 4.74 Å². The predicted molar refractivity (Wildman–Crippen MR) is 108 cm³/mol. The van der Waals surface area contributed by atoms with E-state index in [9.17, 15) is 4.79 Å². The molecule has 0 aliphatic carbocycles. The van der Waals surface area contributed by atoms with Crippen molar-refractivity contribution in [3.8, 4) is 5.75 Å². The highest BCUT2D eigenvalue weighted by Gasteiger charge is 2.54. The minimum atomic E-state index is 0.0900. The number of hydrogen-bond acceptors (Lipinski definition) is 4. The number of carbonyl (C=O) groups excluding carboxylic acids is 1. The average Bonchev–Trinajstić information content (AvgIpc) is 3.17. The minimum Gasteiger partial charge on any atom is -0.497 e. The van der Waals surface area contributed by atoms with E-state index in [4.69, 9.17) is 4.74 Å². The number of piperidine rings is 3. The van der Waals surface area contributed by atoms with E-state index in [0.717, 1.165) is 30.9 Å². The average molecular weight is 377 g/mol. The van der Waals surface area contributed by atoms with Crippen molar-refractivity contribution in [3.63, 3.8) is 0 Å². The number of rotatable bonds is 3. The van der Waals surface area contributed by atoms with Crippen LogP contribution in [0.1, 0.15) is 40.4 Å². The summed E-state index contributed by atoms with van der Waals surface area (Å²) in [7, 11) is 1.71. The molecule has 3 atom stereocenters. The molecule has 2 aromatic rings. The molecule has 5 heterocycles. The van der Waals surface area contributed by atoms with Crippen molar-refractivity contribution < 1.29 is 9.53 Å². The number of nitrogens with zero attached hydrogens (tertiary/aromatic N) is 3. The van der Waals surface area contributed by atoms with Crippen LogP contribution in [0.5, 0.6) is 5.75 Å². The number of ether oxygens (including phenoxy) is 1. The molecule has 28 heavy (non-hydrogen) atoms. The second-order valence-electron chi connectivity index (χ2n) is 8.36. The summed E-state index contributed by atoms with van der Waals surface area (Å²) in [5, 5.41) is 0. The summed E-state index contributed by atoms with van der Waals surface area (Å²) in [4.78, 5) is 22.7. The van der Waals surface area contributed by atoms with Gasteiger partial charge in [-0.25, -0.2) is 0 Å². The normalized spacial score (nSPS) is 30.9. The molecule has 5 heteroatoms. The number of fused-ring (bicyclic) bond motifs is 2. The van der Waals surface area contributed by atoms with Crippen LogP contribution in [0.15, 0.2) is 42.6 Å². The van der Waals surface area contributed by atoms with E-state index in [1.54, 1.807) is 13.3 Å². The largest absolute Gasteiger partial charge is 0.497 e. The van der Waals surface area contributed by atoms with Crippen molar-refractivity contribution >= 4 is 5.91 Å². The monoisotopic (exact) mass is 377 g/mol. The zero-order valence-electron chi connectivity index (χ0n) is 16.5. The molecule has 0 N–H and O–H groups in total. The number of likely N-dealkylation sites (tertiary alicyclic amines) is 1. The maximum atomic E-state index is 13.5. The van der Waals surface area contributed by atoms with Gasteiger partial charge in [0.2, 0.25) is 0 Å². The summed E-state index contributed by atoms with van der Waals surface area (Å²) in [5.41, 5.74) is 2.83. The Morgan fingerprint density at radius 2 is 1.96 bits per heavy atom. The SMILES string of the molecule is COc1cccc([C@H]2CN(C(=O)c3ncccc3C)[C@@H]3C4CCN(CC4)[C@H]23)c1. The first-order chi connectivity index (χ1) is 13.7. The quantitative estimate of drug-likeness (QED) is 0.825. The van der Waals surface area contributed by atoms with Crippen molar-refractivity contribution in [2.24, 2.45) is 5.92 Å². The molecule has 0 saturated carbocycles. The highest BCUT2D eigenvalue weighted by molar-refractivity contribution is 5.94. The highest BCUT2D eigenvalue weighted by Crippen LogP contribution is 2.47. The smallest absolute Gasteiger partial charge is 0.273 e. The number of aromatic nitrogens is 1. The molecule has 0 radical (unpaired) electrons. The van der Waals surface area contributed by atoms with Crippen LogP contribution in [0.4, 0.5) is 0 Å². The molecular formula is C23H27N3O2. The number of pyridine rings is 1. The summed E-state index contributed by atoms with van der Waals surface area (Å²) < 4.78 is 5.47. The van der Waals surface area contributed by atoms with Crippen molar-refractivity contribution in [1.82, 2.24) is 14.8 Å². The van der Waals surface area contributed by atoms with Crippen LogP contribution in [0.2, 0.25) is 0 Å². The van der Waals surface area contributed by atoms with Crippen molar-refractivity contribution in [2.75, 3.05) is 26.7 Å². The Balaban J connectivity index is 1.54. The first kappa shape index (κ1) is 17.7. The lowest BCUT2D eigenvalue weighted by molar-refractivity contribution is -0.00361. The molecule has 4 aliphatic heterocycles. The number of benzene rings is 1. The van der Waals surface area contributed by atoms with Crippen molar-refractivity contribution in [2.45, 2.75) is 37.8 Å². The zero-order valence-corrected chi connectivity index (χ0v) is 16.5. The van der Waals surface area contributed by atoms with E-state index in [1.165, 1.54) is 18.4 Å². The molecule has 4 saturated heterocycles. The molecule has 5 nitrogen and oxygen atoms in total. The maximum absolute atomic E-state index is 13.5. The Labute approximate surface area is 166 Å². The molecule has 2 bridgehead atoms. The van der Waals surface area contributed by atoms with Gasteiger partial charge in [-0.15, -0.1) is 0 Å². The fraction of sp³-hybridized carbons (Fsp3) is 0.478. The summed E-state index contributed by atoms with van der Waals surface area (Å²) >= 11 is 0. The van der Waals surface area contributed by atoms with Gasteiger partial charge in [0.05, 0.1) is 13.2 Å². The van der Waals surface area contributed by atoms with Gasteiger partial charge >= 0.3 is 0 Å². The predicted octanol–water partition coefficient (Wildman–Crippen LogP) is 3.10. The highest BCUT2D eigenvalue weighted by atomic mass is 16.5. The van der Waals surface area contributed by atoms with E-state index in [1.807, 2.05) is 25.1 Å². The third-order valence-corrected chi connectivity index (χ3v) is 6.99. The van der Waals surface area contributed by atoms with Gasteiger partial charge in [0.25, 0.3) is 5.91 Å². The summed E-state index contributed by atoms with van der Waals surface area (Å²) in [5.74, 6) is 1.89. The zero-order chi connectivity index (χ0) is 19.3. The Kier molecular flexibility index (Phi) is 4.35. The van der Waals surface area contributed by atoms with Crippen molar-refractivity contribution in [3.05, 3.63) is 59.4 Å². The van der Waals surface area contributed by atoms with Gasteiger partial charge in [-0.05, 0) is 68.1 Å². The number of methoxy groups -OCH3 is 1. The Bertz CT molecular complexity index is 891. The van der Waals surface area contributed by atoms with E-state index in [0.29, 0.717) is 23.6 Å². The number of amides is 1. The van der Waals surface area contributed by atoms with Gasteiger partial charge in [0.15, 0.2) is 0 Å². The molecular weight excluding hydrogens is 350 g/mol. The lowest BCUT2D eigenvalue weighted by atomic mass is 9.75. The van der Waals surface area contributed by atoms with Gasteiger partial charge in [-0.3, -0.25) is 14.7 Å². The molecule has 4 fully saturated rings. The third kappa shape index (κ3) is 2.72. The standard InChI is InChI=1S/C23H27N3O2/c1-15-5-4-10-24-20(15)23(27)26-14-19(17-6-3-7-18(13-17)28-2)22-21(26)16-8-11-25(22)12-9-16/h3-7,10,13,16,19,21-22H,8-9,11-12,14H2,1-2H3/t19-,21-,22-/m1/s1. The van der Waals surface area contributed by atoms with Gasteiger partial charge < -0.3 is 9.64 Å². The van der Waals surface area contributed by atoms with Crippen molar-refractivity contribution in [1.29, 1.82) is 0 Å². The van der Waals surface area contributed by atoms with Crippen LogP contribution in [0, 0.1) is 12.8 Å². The topological polar surface area (TPSA) is 45.7 Å². The molecule has 6 rings (SSSR count). The molecule has 1 aromatic heterocycles. The summed E-state index contributed by atoms with van der Waals surface area (Å²) in [6, 6.07) is 12.9. The Hall–Kier alpha value is -2.40. The Morgan fingerprint density at radius 3 is 2.71 bits per heavy atom. The maximum Gasteiger partial charge on any atom is 0.273 e. The van der Waals surface area contributed by atoms with Crippen LogP contribution in [-0.2, 0) is 0 Å². The van der Waals surface area contributed by atoms with E-state index < -0.39 is 0 Å². The van der Waals surface area contributed by atoms with E-state index >= 15 is 0 Å². The molecule has 4 aliphatic rings. The second kappa shape index (κ2) is 6.89. The fourth-order valence-corrected chi connectivity index (χ4v) is 5.67. The third-order valence-electron chi connectivity index (χ3n) is 6.99. The van der Waals surface area contributed by atoms with Gasteiger partial charge in [0.1, 0.15) is 11.4 Å². The second-order valence-corrected chi connectivity index (χ2v) is 8.36. The van der Waals surface area contributed by atoms with Gasteiger partial charge in [-0.1, -0.05) is 18.2 Å². The molecule has 0 unspecified atom stereocenters. The van der Waals surface area contributed by atoms with Crippen LogP contribution in [0.3, 0.4) is 0 Å². The Morgan fingerprint density at radius 1 is 1.14 bits per heavy atom. The molecule has 1 amide bonds. The van der Waals surface area contributed by atoms with Gasteiger partial charge in [0, 0.05) is 24.7 Å². The lowest BCUT2D eigenvalue weighted by Gasteiger charge is -2.51. The van der Waals surface area contributed by atoms with E-state index in [-0.39, 0.29) is 11.9 Å². The number of hydrogen-bond donors (Lipinski definition) is 0.